The number of halogens is 3. The van der Waals surface area contributed by atoms with Crippen molar-refractivity contribution >= 4 is 9.84 Å². The van der Waals surface area contributed by atoms with Gasteiger partial charge >= 0.3 is 6.18 Å². The van der Waals surface area contributed by atoms with E-state index in [0.717, 1.165) is 50.2 Å². The Morgan fingerprint density at radius 2 is 1.59 bits per heavy atom. The zero-order valence-corrected chi connectivity index (χ0v) is 12.8. The first-order valence-corrected chi connectivity index (χ1v) is 8.90. The molecule has 3 nitrogen and oxygen atoms in total. The van der Waals surface area contributed by atoms with Crippen LogP contribution in [0.3, 0.4) is 0 Å². The van der Waals surface area contributed by atoms with Gasteiger partial charge in [-0.25, -0.2) is 8.42 Å². The third kappa shape index (κ3) is 2.76. The largest absolute Gasteiger partial charge is 0.416 e. The molecule has 3 rings (SSSR count). The summed E-state index contributed by atoms with van der Waals surface area (Å²) < 4.78 is 62.8. The average molecular weight is 333 g/mol. The number of hydrogen-bond acceptors (Lipinski definition) is 3. The second-order valence-corrected chi connectivity index (χ2v) is 8.60. The van der Waals surface area contributed by atoms with Gasteiger partial charge in [-0.1, -0.05) is 0 Å². The Balaban J connectivity index is 1.75. The van der Waals surface area contributed by atoms with Crippen LogP contribution in [0.5, 0.6) is 0 Å². The van der Waals surface area contributed by atoms with Crippen LogP contribution in [-0.2, 0) is 16.0 Å². The maximum Gasteiger partial charge on any atom is 0.416 e. The van der Waals surface area contributed by atoms with Crippen molar-refractivity contribution in [3.8, 4) is 0 Å². The minimum atomic E-state index is -4.45. The van der Waals surface area contributed by atoms with Gasteiger partial charge in [-0.2, -0.15) is 13.2 Å². The van der Waals surface area contributed by atoms with E-state index >= 15 is 0 Å². The smallest absolute Gasteiger partial charge is 0.316 e. The SMILES string of the molecule is O=S(=O)(c1ccc(C(F)(F)F)cc1)C1CCC2(CC1)CNC2. The molecular weight excluding hydrogens is 315 g/mol. The first-order chi connectivity index (χ1) is 10.2. The van der Waals surface area contributed by atoms with Gasteiger partial charge in [-0.15, -0.1) is 0 Å². The van der Waals surface area contributed by atoms with E-state index < -0.39 is 26.8 Å². The molecule has 22 heavy (non-hydrogen) atoms. The third-order valence-electron chi connectivity index (χ3n) is 4.94. The Kier molecular flexibility index (Phi) is 3.76. The van der Waals surface area contributed by atoms with Crippen LogP contribution in [0.2, 0.25) is 0 Å². The highest BCUT2D eigenvalue weighted by Crippen LogP contribution is 2.42. The van der Waals surface area contributed by atoms with Crippen molar-refractivity contribution in [3.05, 3.63) is 29.8 Å². The average Bonchev–Trinajstić information content (AvgIpc) is 2.45. The maximum atomic E-state index is 12.6. The summed E-state index contributed by atoms with van der Waals surface area (Å²) in [6.45, 7) is 1.89. The molecule has 1 heterocycles. The van der Waals surface area contributed by atoms with E-state index in [-0.39, 0.29) is 10.3 Å². The Labute approximate surface area is 127 Å². The van der Waals surface area contributed by atoms with Gasteiger partial charge in [0, 0.05) is 13.1 Å². The Morgan fingerprint density at radius 1 is 1.05 bits per heavy atom. The summed E-state index contributed by atoms with van der Waals surface area (Å²) >= 11 is 0. The molecule has 1 spiro atoms. The fourth-order valence-electron chi connectivity index (χ4n) is 3.37. The molecule has 1 aliphatic heterocycles. The van der Waals surface area contributed by atoms with Crippen molar-refractivity contribution in [1.29, 1.82) is 0 Å². The highest BCUT2D eigenvalue weighted by molar-refractivity contribution is 7.92. The van der Waals surface area contributed by atoms with Crippen LogP contribution in [0.1, 0.15) is 31.2 Å². The molecule has 1 aromatic carbocycles. The molecule has 0 bridgehead atoms. The van der Waals surface area contributed by atoms with Gasteiger partial charge in [0.25, 0.3) is 0 Å². The van der Waals surface area contributed by atoms with E-state index in [0.29, 0.717) is 12.8 Å². The van der Waals surface area contributed by atoms with E-state index in [1.807, 2.05) is 0 Å². The van der Waals surface area contributed by atoms with Crippen molar-refractivity contribution in [1.82, 2.24) is 5.32 Å². The summed E-state index contributed by atoms with van der Waals surface area (Å²) in [7, 11) is -3.55. The fourth-order valence-corrected chi connectivity index (χ4v) is 5.13. The maximum absolute atomic E-state index is 12.6. The van der Waals surface area contributed by atoms with Crippen LogP contribution in [0, 0.1) is 5.41 Å². The molecule has 0 amide bonds. The number of nitrogens with one attached hydrogen (secondary N) is 1. The first kappa shape index (κ1) is 15.8. The van der Waals surface area contributed by atoms with Gasteiger partial charge < -0.3 is 5.32 Å². The highest BCUT2D eigenvalue weighted by Gasteiger charge is 2.43. The van der Waals surface area contributed by atoms with E-state index in [9.17, 15) is 21.6 Å². The summed E-state index contributed by atoms with van der Waals surface area (Å²) in [4.78, 5) is -0.00631. The summed E-state index contributed by atoms with van der Waals surface area (Å²) in [6, 6.07) is 3.83. The molecule has 1 N–H and O–H groups in total. The zero-order valence-electron chi connectivity index (χ0n) is 12.0. The molecular formula is C15H18F3NO2S. The van der Waals surface area contributed by atoms with Crippen LogP contribution in [0.4, 0.5) is 13.2 Å². The van der Waals surface area contributed by atoms with Crippen molar-refractivity contribution in [2.75, 3.05) is 13.1 Å². The molecule has 2 fully saturated rings. The number of alkyl halides is 3. The summed E-state index contributed by atoms with van der Waals surface area (Å²) in [5, 5.41) is 2.74. The topological polar surface area (TPSA) is 46.2 Å². The van der Waals surface area contributed by atoms with Crippen molar-refractivity contribution in [2.45, 2.75) is 42.0 Å². The van der Waals surface area contributed by atoms with Crippen LogP contribution < -0.4 is 5.32 Å². The summed E-state index contributed by atoms with van der Waals surface area (Å²) in [6.07, 6.45) is -1.54. The number of rotatable bonds is 2. The quantitative estimate of drug-likeness (QED) is 0.905. The lowest BCUT2D eigenvalue weighted by Gasteiger charge is -2.47. The van der Waals surface area contributed by atoms with Crippen LogP contribution >= 0.6 is 0 Å². The normalized spacial score (nSPS) is 22.5. The molecule has 2 aliphatic rings. The lowest BCUT2D eigenvalue weighted by Crippen LogP contribution is -2.55. The molecule has 0 unspecified atom stereocenters. The number of benzene rings is 1. The lowest BCUT2D eigenvalue weighted by molar-refractivity contribution is -0.137. The van der Waals surface area contributed by atoms with Gasteiger partial charge in [0.2, 0.25) is 0 Å². The van der Waals surface area contributed by atoms with Gasteiger partial charge in [-0.05, 0) is 55.4 Å². The molecule has 0 radical (unpaired) electrons. The molecule has 0 atom stereocenters. The van der Waals surface area contributed by atoms with Gasteiger partial charge in [-0.3, -0.25) is 0 Å². The van der Waals surface area contributed by atoms with Gasteiger partial charge in [0.15, 0.2) is 9.84 Å². The standard InChI is InChI=1S/C15H18F3NO2S/c16-15(17,18)11-1-3-12(4-2-11)22(20,21)13-5-7-14(8-6-13)9-19-10-14/h1-4,13,19H,5-10H2. The van der Waals surface area contributed by atoms with Crippen LogP contribution in [0.15, 0.2) is 29.2 Å². The minimum absolute atomic E-state index is 0.00631. The molecule has 1 saturated heterocycles. The van der Waals surface area contributed by atoms with E-state index in [2.05, 4.69) is 5.32 Å². The monoisotopic (exact) mass is 333 g/mol. The second kappa shape index (κ2) is 5.23. The Bertz CT molecular complexity index is 638. The van der Waals surface area contributed by atoms with E-state index in [4.69, 9.17) is 0 Å². The highest BCUT2D eigenvalue weighted by atomic mass is 32.2. The Hall–Kier alpha value is -1.08. The summed E-state index contributed by atoms with van der Waals surface area (Å²) in [5.74, 6) is 0. The second-order valence-electron chi connectivity index (χ2n) is 6.37. The fraction of sp³-hybridized carbons (Fsp3) is 0.600. The minimum Gasteiger partial charge on any atom is -0.316 e. The molecule has 7 heteroatoms. The molecule has 0 aromatic heterocycles. The lowest BCUT2D eigenvalue weighted by atomic mass is 9.70. The van der Waals surface area contributed by atoms with Crippen molar-refractivity contribution in [3.63, 3.8) is 0 Å². The molecule has 1 aromatic rings. The molecule has 122 valence electrons. The van der Waals surface area contributed by atoms with Crippen molar-refractivity contribution < 1.29 is 21.6 Å². The molecule has 1 saturated carbocycles. The molecule has 1 aliphatic carbocycles. The zero-order chi connectivity index (χ0) is 16.0. The summed E-state index contributed by atoms with van der Waals surface area (Å²) in [5.41, 5.74) is -0.568. The predicted molar refractivity (Wildman–Crippen MR) is 76.2 cm³/mol. The van der Waals surface area contributed by atoms with E-state index in [1.165, 1.54) is 0 Å². The third-order valence-corrected chi connectivity index (χ3v) is 7.22. The van der Waals surface area contributed by atoms with Crippen LogP contribution in [-0.4, -0.2) is 26.8 Å². The Morgan fingerprint density at radius 3 is 2.00 bits per heavy atom. The number of sulfone groups is 1. The first-order valence-electron chi connectivity index (χ1n) is 7.35. The van der Waals surface area contributed by atoms with Crippen LogP contribution in [0.25, 0.3) is 0 Å². The number of hydrogen-bond donors (Lipinski definition) is 1. The van der Waals surface area contributed by atoms with Crippen molar-refractivity contribution in [2.24, 2.45) is 5.41 Å². The van der Waals surface area contributed by atoms with E-state index in [1.54, 1.807) is 0 Å². The van der Waals surface area contributed by atoms with Gasteiger partial charge in [0.1, 0.15) is 0 Å². The van der Waals surface area contributed by atoms with Gasteiger partial charge in [0.05, 0.1) is 15.7 Å². The predicted octanol–water partition coefficient (Wildman–Crippen LogP) is 3.01.